The van der Waals surface area contributed by atoms with E-state index in [1.54, 1.807) is 0 Å². The predicted octanol–water partition coefficient (Wildman–Crippen LogP) is -0.232. The van der Waals surface area contributed by atoms with Gasteiger partial charge in [0.15, 0.2) is 5.79 Å². The fourth-order valence-corrected chi connectivity index (χ4v) is 1.36. The second-order valence-corrected chi connectivity index (χ2v) is 3.94. The maximum atomic E-state index is 11.0. The van der Waals surface area contributed by atoms with E-state index >= 15 is 0 Å². The van der Waals surface area contributed by atoms with Gasteiger partial charge in [-0.3, -0.25) is 9.59 Å². The quantitative estimate of drug-likeness (QED) is 0.269. The van der Waals surface area contributed by atoms with Gasteiger partial charge >= 0.3 is 11.9 Å². The zero-order valence-electron chi connectivity index (χ0n) is 9.87. The van der Waals surface area contributed by atoms with Crippen LogP contribution in [-0.4, -0.2) is 43.9 Å². The molecule has 0 aliphatic rings. The van der Waals surface area contributed by atoms with Crippen molar-refractivity contribution in [3.63, 3.8) is 0 Å². The number of aliphatic carboxylic acids is 2. The number of carboxylic acid groups (broad SMARTS) is 2. The second kappa shape index (κ2) is 6.87. The SMILES string of the molecule is CC(=O)C(CCCC(O)(O)C=CC(=O)O)C(=O)O. The van der Waals surface area contributed by atoms with Crippen molar-refractivity contribution in [3.05, 3.63) is 12.2 Å². The average Bonchev–Trinajstić information content (AvgIpc) is 2.20. The molecule has 0 spiro atoms. The van der Waals surface area contributed by atoms with Crippen LogP contribution < -0.4 is 0 Å². The van der Waals surface area contributed by atoms with Crippen molar-refractivity contribution >= 4 is 17.7 Å². The molecule has 0 radical (unpaired) electrons. The highest BCUT2D eigenvalue weighted by Gasteiger charge is 2.25. The van der Waals surface area contributed by atoms with Gasteiger partial charge in [0.05, 0.1) is 0 Å². The fourth-order valence-electron chi connectivity index (χ4n) is 1.36. The van der Waals surface area contributed by atoms with E-state index in [-0.39, 0.29) is 19.3 Å². The summed E-state index contributed by atoms with van der Waals surface area (Å²) in [5.74, 6) is -6.59. The van der Waals surface area contributed by atoms with E-state index in [0.717, 1.165) is 6.92 Å². The Kier molecular flexibility index (Phi) is 6.21. The molecule has 4 N–H and O–H groups in total. The van der Waals surface area contributed by atoms with Crippen molar-refractivity contribution in [2.24, 2.45) is 5.92 Å². The van der Waals surface area contributed by atoms with E-state index in [1.807, 2.05) is 0 Å². The Hall–Kier alpha value is -1.73. The molecule has 1 unspecified atom stereocenters. The average molecular weight is 260 g/mol. The Morgan fingerprint density at radius 1 is 1.22 bits per heavy atom. The van der Waals surface area contributed by atoms with Gasteiger partial charge in [-0.15, -0.1) is 0 Å². The predicted molar refractivity (Wildman–Crippen MR) is 59.6 cm³/mol. The molecule has 0 saturated heterocycles. The minimum absolute atomic E-state index is 0.0333. The molecule has 7 nitrogen and oxygen atoms in total. The molecule has 1 atom stereocenters. The standard InChI is InChI=1S/C11H16O7/c1-7(12)8(10(15)16)3-2-5-11(17,18)6-4-9(13)14/h4,6,8,17-18H,2-3,5H2,1H3,(H,13,14)(H,15,16). The molecular weight excluding hydrogens is 244 g/mol. The van der Waals surface area contributed by atoms with Gasteiger partial charge < -0.3 is 20.4 Å². The number of hydrogen-bond acceptors (Lipinski definition) is 5. The lowest BCUT2D eigenvalue weighted by atomic mass is 9.96. The molecule has 18 heavy (non-hydrogen) atoms. The van der Waals surface area contributed by atoms with E-state index in [2.05, 4.69) is 0 Å². The van der Waals surface area contributed by atoms with Crippen LogP contribution in [0.2, 0.25) is 0 Å². The maximum Gasteiger partial charge on any atom is 0.328 e. The zero-order chi connectivity index (χ0) is 14.3. The number of Topliss-reactive ketones (excluding diaryl/α,β-unsaturated/α-hetero) is 1. The third kappa shape index (κ3) is 6.77. The monoisotopic (exact) mass is 260 g/mol. The topological polar surface area (TPSA) is 132 Å². The van der Waals surface area contributed by atoms with E-state index in [9.17, 15) is 24.6 Å². The van der Waals surface area contributed by atoms with E-state index in [4.69, 9.17) is 10.2 Å². The van der Waals surface area contributed by atoms with Crippen molar-refractivity contribution in [2.45, 2.75) is 32.0 Å². The summed E-state index contributed by atoms with van der Waals surface area (Å²) < 4.78 is 0. The van der Waals surface area contributed by atoms with Crippen LogP contribution in [0.5, 0.6) is 0 Å². The summed E-state index contributed by atoms with van der Waals surface area (Å²) >= 11 is 0. The van der Waals surface area contributed by atoms with Gasteiger partial charge in [0.1, 0.15) is 11.7 Å². The number of carbonyl (C=O) groups is 3. The van der Waals surface area contributed by atoms with Crippen LogP contribution in [0.3, 0.4) is 0 Å². The molecule has 0 aromatic rings. The van der Waals surface area contributed by atoms with Crippen LogP contribution in [0.15, 0.2) is 12.2 Å². The molecule has 0 amide bonds. The first-order valence-corrected chi connectivity index (χ1v) is 5.26. The Labute approximate surface area is 103 Å². The lowest BCUT2D eigenvalue weighted by Crippen LogP contribution is -2.27. The second-order valence-electron chi connectivity index (χ2n) is 3.94. The summed E-state index contributed by atoms with van der Waals surface area (Å²) in [6, 6.07) is 0. The summed E-state index contributed by atoms with van der Waals surface area (Å²) in [6.07, 6.45) is 1.05. The van der Waals surface area contributed by atoms with Crippen LogP contribution >= 0.6 is 0 Å². The van der Waals surface area contributed by atoms with Crippen LogP contribution in [0.4, 0.5) is 0 Å². The Balaban J connectivity index is 4.28. The van der Waals surface area contributed by atoms with E-state index in [1.165, 1.54) is 0 Å². The van der Waals surface area contributed by atoms with Crippen LogP contribution in [0.25, 0.3) is 0 Å². The molecule has 0 aliphatic carbocycles. The summed E-state index contributed by atoms with van der Waals surface area (Å²) in [4.78, 5) is 31.8. The van der Waals surface area contributed by atoms with Crippen molar-refractivity contribution < 1.29 is 34.8 Å². The summed E-state index contributed by atoms with van der Waals surface area (Å²) in [7, 11) is 0. The normalized spacial score (nSPS) is 13.5. The number of aliphatic hydroxyl groups is 2. The molecule has 0 aliphatic heterocycles. The van der Waals surface area contributed by atoms with Gasteiger partial charge in [-0.2, -0.15) is 0 Å². The molecular formula is C11H16O7. The van der Waals surface area contributed by atoms with Crippen molar-refractivity contribution in [1.82, 2.24) is 0 Å². The minimum atomic E-state index is -2.32. The number of carboxylic acids is 2. The first kappa shape index (κ1) is 16.3. The Bertz CT molecular complexity index is 342. The van der Waals surface area contributed by atoms with Crippen LogP contribution in [0, 0.1) is 5.92 Å². The highest BCUT2D eigenvalue weighted by atomic mass is 16.5. The largest absolute Gasteiger partial charge is 0.481 e. The smallest absolute Gasteiger partial charge is 0.328 e. The van der Waals surface area contributed by atoms with Gasteiger partial charge in [-0.25, -0.2) is 4.79 Å². The number of hydrogen-bond donors (Lipinski definition) is 4. The lowest BCUT2D eigenvalue weighted by Gasteiger charge is -2.17. The van der Waals surface area contributed by atoms with Crippen molar-refractivity contribution in [2.75, 3.05) is 0 Å². The third-order valence-corrected chi connectivity index (χ3v) is 2.32. The van der Waals surface area contributed by atoms with E-state index < -0.39 is 29.4 Å². The molecule has 0 fully saturated rings. The lowest BCUT2D eigenvalue weighted by molar-refractivity contribution is -0.147. The first-order valence-electron chi connectivity index (χ1n) is 5.26. The summed E-state index contributed by atoms with van der Waals surface area (Å²) in [5.41, 5.74) is 0. The van der Waals surface area contributed by atoms with Crippen molar-refractivity contribution in [1.29, 1.82) is 0 Å². The highest BCUT2D eigenvalue weighted by molar-refractivity contribution is 5.96. The number of carbonyl (C=O) groups excluding carboxylic acids is 1. The number of rotatable bonds is 8. The molecule has 0 bridgehead atoms. The number of ketones is 1. The molecule has 0 aromatic heterocycles. The summed E-state index contributed by atoms with van der Waals surface area (Å²) in [6.45, 7) is 1.15. The van der Waals surface area contributed by atoms with Crippen LogP contribution in [0.1, 0.15) is 26.2 Å². The Morgan fingerprint density at radius 2 is 1.78 bits per heavy atom. The molecule has 0 saturated carbocycles. The van der Waals surface area contributed by atoms with Gasteiger partial charge in [0, 0.05) is 12.5 Å². The highest BCUT2D eigenvalue weighted by Crippen LogP contribution is 2.17. The fraction of sp³-hybridized carbons (Fsp3) is 0.545. The molecule has 0 heterocycles. The molecule has 102 valence electrons. The maximum absolute atomic E-state index is 11.0. The van der Waals surface area contributed by atoms with E-state index in [0.29, 0.717) is 12.2 Å². The Morgan fingerprint density at radius 3 is 2.17 bits per heavy atom. The van der Waals surface area contributed by atoms with Crippen LogP contribution in [-0.2, 0) is 14.4 Å². The van der Waals surface area contributed by atoms with Gasteiger partial charge in [0.2, 0.25) is 0 Å². The molecule has 0 rings (SSSR count). The molecule has 0 aromatic carbocycles. The molecule has 7 heteroatoms. The van der Waals surface area contributed by atoms with Gasteiger partial charge in [-0.05, 0) is 25.8 Å². The third-order valence-electron chi connectivity index (χ3n) is 2.32. The van der Waals surface area contributed by atoms with Gasteiger partial charge in [-0.1, -0.05) is 0 Å². The van der Waals surface area contributed by atoms with Crippen molar-refractivity contribution in [3.8, 4) is 0 Å². The minimum Gasteiger partial charge on any atom is -0.481 e. The zero-order valence-corrected chi connectivity index (χ0v) is 9.87. The van der Waals surface area contributed by atoms with Gasteiger partial charge in [0.25, 0.3) is 0 Å². The summed E-state index contributed by atoms with van der Waals surface area (Å²) in [5, 5.41) is 35.7. The first-order chi connectivity index (χ1) is 8.15.